The third-order valence-electron chi connectivity index (χ3n) is 12.0. The first-order valence-corrected chi connectivity index (χ1v) is 20.1. The number of benzene rings is 9. The summed E-state index contributed by atoms with van der Waals surface area (Å²) in [5.41, 5.74) is 13.5. The van der Waals surface area contributed by atoms with Gasteiger partial charge in [0.2, 0.25) is 0 Å². The molecular weight excluding hydrogens is 701 g/mol. The fourth-order valence-electron chi connectivity index (χ4n) is 9.24. The van der Waals surface area contributed by atoms with E-state index < -0.39 is 0 Å². The van der Waals surface area contributed by atoms with Crippen molar-refractivity contribution < 1.29 is 0 Å². The quantitative estimate of drug-likeness (QED) is 0.159. The van der Waals surface area contributed by atoms with Crippen molar-refractivity contribution in [3.63, 3.8) is 0 Å². The van der Waals surface area contributed by atoms with Crippen LogP contribution in [0.15, 0.2) is 189 Å². The summed E-state index contributed by atoms with van der Waals surface area (Å²) >= 11 is 0. The molecule has 2 nitrogen and oxygen atoms in total. The van der Waals surface area contributed by atoms with E-state index in [1.165, 1.54) is 65.5 Å². The van der Waals surface area contributed by atoms with E-state index in [9.17, 15) is 0 Å². The van der Waals surface area contributed by atoms with Crippen LogP contribution in [0.2, 0.25) is 0 Å². The molecule has 2 aromatic heterocycles. The van der Waals surface area contributed by atoms with Crippen molar-refractivity contribution in [1.82, 2.24) is 9.97 Å². The van der Waals surface area contributed by atoms with Crippen LogP contribution >= 0.6 is 0 Å². The summed E-state index contributed by atoms with van der Waals surface area (Å²) in [6, 6.07) is 63.9. The van der Waals surface area contributed by atoms with Crippen molar-refractivity contribution in [2.24, 2.45) is 0 Å². The van der Waals surface area contributed by atoms with Crippen LogP contribution in [0.4, 0.5) is 0 Å². The summed E-state index contributed by atoms with van der Waals surface area (Å²) in [5, 5.41) is 12.0. The molecule has 2 heteroatoms. The Labute approximate surface area is 337 Å². The number of para-hydroxylation sites is 1. The third kappa shape index (κ3) is 5.41. The van der Waals surface area contributed by atoms with E-state index in [1.54, 1.807) is 0 Å². The predicted octanol–water partition coefficient (Wildman–Crippen LogP) is 15.3. The van der Waals surface area contributed by atoms with Crippen molar-refractivity contribution in [2.45, 2.75) is 13.3 Å². The lowest BCUT2D eigenvalue weighted by Crippen LogP contribution is -1.96. The minimum absolute atomic E-state index is 0.937. The molecule has 0 atom stereocenters. The summed E-state index contributed by atoms with van der Waals surface area (Å²) in [6.07, 6.45) is 4.92. The minimum Gasteiger partial charge on any atom is -0.256 e. The lowest BCUT2D eigenvalue weighted by Gasteiger charge is -2.19. The first kappa shape index (κ1) is 33.9. The largest absolute Gasteiger partial charge is 0.256 e. The summed E-state index contributed by atoms with van der Waals surface area (Å²) in [5.74, 6) is 0. The lowest BCUT2D eigenvalue weighted by atomic mass is 9.85. The molecule has 58 heavy (non-hydrogen) atoms. The number of pyridine rings is 2. The SMILES string of the molecule is C=Cc1cc(-c2cc3c(-c4cc5ccccc5c5ccccc45)cc(-c4ccc(-c5cnc6ccccc6c5)cc4)nc3c3ccccc23)c2ccccc2c1CC. The molecule has 0 amide bonds. The maximum atomic E-state index is 5.58. The highest BCUT2D eigenvalue weighted by molar-refractivity contribution is 6.21. The average molecular weight is 739 g/mol. The molecule has 9 aromatic carbocycles. The number of rotatable bonds is 6. The van der Waals surface area contributed by atoms with Crippen LogP contribution < -0.4 is 0 Å². The Morgan fingerprint density at radius 1 is 0.448 bits per heavy atom. The number of nitrogens with zero attached hydrogens (tertiary/aromatic N) is 2. The molecule has 0 N–H and O–H groups in total. The molecule has 0 saturated carbocycles. The highest BCUT2D eigenvalue weighted by Gasteiger charge is 2.20. The highest BCUT2D eigenvalue weighted by atomic mass is 14.7. The second kappa shape index (κ2) is 13.7. The highest BCUT2D eigenvalue weighted by Crippen LogP contribution is 2.45. The van der Waals surface area contributed by atoms with Crippen LogP contribution in [0.5, 0.6) is 0 Å². The number of hydrogen-bond acceptors (Lipinski definition) is 2. The molecule has 0 saturated heterocycles. The van der Waals surface area contributed by atoms with Crippen molar-refractivity contribution in [3.8, 4) is 44.6 Å². The molecule has 11 rings (SSSR count). The molecule has 0 fully saturated rings. The zero-order valence-corrected chi connectivity index (χ0v) is 32.2. The molecule has 0 unspecified atom stereocenters. The number of aryl methyl sites for hydroxylation is 1. The van der Waals surface area contributed by atoms with Gasteiger partial charge in [-0.2, -0.15) is 0 Å². The zero-order chi connectivity index (χ0) is 38.7. The number of fused-ring (bicyclic) bond motifs is 8. The van der Waals surface area contributed by atoms with E-state index in [0.717, 1.165) is 61.6 Å². The summed E-state index contributed by atoms with van der Waals surface area (Å²) in [6.45, 7) is 6.49. The van der Waals surface area contributed by atoms with E-state index in [2.05, 4.69) is 183 Å². The Morgan fingerprint density at radius 2 is 1.00 bits per heavy atom. The van der Waals surface area contributed by atoms with Crippen LogP contribution in [0, 0.1) is 0 Å². The lowest BCUT2D eigenvalue weighted by molar-refractivity contribution is 1.15. The van der Waals surface area contributed by atoms with Crippen LogP contribution in [-0.2, 0) is 6.42 Å². The normalized spacial score (nSPS) is 11.7. The van der Waals surface area contributed by atoms with Gasteiger partial charge in [0.25, 0.3) is 0 Å². The molecule has 0 bridgehead atoms. The van der Waals surface area contributed by atoms with Gasteiger partial charge >= 0.3 is 0 Å². The van der Waals surface area contributed by atoms with E-state index in [4.69, 9.17) is 9.97 Å². The maximum absolute atomic E-state index is 5.58. The van der Waals surface area contributed by atoms with Crippen molar-refractivity contribution in [3.05, 3.63) is 200 Å². The van der Waals surface area contributed by atoms with Crippen LogP contribution in [0.25, 0.3) is 116 Å². The van der Waals surface area contributed by atoms with Gasteiger partial charge in [-0.05, 0) is 119 Å². The Morgan fingerprint density at radius 3 is 1.74 bits per heavy atom. The Kier molecular flexibility index (Phi) is 7.97. The van der Waals surface area contributed by atoms with Gasteiger partial charge in [-0.15, -0.1) is 0 Å². The first-order valence-electron chi connectivity index (χ1n) is 20.1. The second-order valence-corrected chi connectivity index (χ2v) is 15.2. The van der Waals surface area contributed by atoms with E-state index in [-0.39, 0.29) is 0 Å². The Balaban J connectivity index is 1.21. The third-order valence-corrected chi connectivity index (χ3v) is 12.0. The molecule has 272 valence electrons. The molecular formula is C56H38N2. The fourth-order valence-corrected chi connectivity index (χ4v) is 9.24. The minimum atomic E-state index is 0.937. The maximum Gasteiger partial charge on any atom is 0.0794 e. The van der Waals surface area contributed by atoms with Crippen molar-refractivity contribution >= 4 is 71.0 Å². The summed E-state index contributed by atoms with van der Waals surface area (Å²) < 4.78 is 0. The second-order valence-electron chi connectivity index (χ2n) is 15.2. The van der Waals surface area contributed by atoms with Gasteiger partial charge in [-0.1, -0.05) is 159 Å². The zero-order valence-electron chi connectivity index (χ0n) is 32.2. The van der Waals surface area contributed by atoms with E-state index >= 15 is 0 Å². The van der Waals surface area contributed by atoms with Crippen LogP contribution in [0.1, 0.15) is 18.1 Å². The molecule has 0 spiro atoms. The van der Waals surface area contributed by atoms with Gasteiger partial charge < -0.3 is 0 Å². The smallest absolute Gasteiger partial charge is 0.0794 e. The van der Waals surface area contributed by atoms with Crippen LogP contribution in [-0.4, -0.2) is 9.97 Å². The number of aromatic nitrogens is 2. The Bertz CT molecular complexity index is 3450. The topological polar surface area (TPSA) is 25.8 Å². The molecule has 0 aliphatic heterocycles. The fraction of sp³-hybridized carbons (Fsp3) is 0.0357. The standard InChI is InChI=1S/C56H38N2/c1-3-35-30-49(45-20-10-8-18-43(45)41(35)4-2)51-32-53-52(50-31-38-15-5-7-17-42(38)44-19-9-11-21-46(44)50)33-55(58-56(53)48-23-13-12-22-47(48)51)37-27-25-36(26-28-37)40-29-39-16-6-14-24-54(39)57-34-40/h3,5-34H,1,4H2,2H3. The van der Waals surface area contributed by atoms with Gasteiger partial charge in [0.05, 0.1) is 16.7 Å². The summed E-state index contributed by atoms with van der Waals surface area (Å²) in [4.78, 5) is 10.3. The molecule has 0 aliphatic carbocycles. The first-order chi connectivity index (χ1) is 28.7. The average Bonchev–Trinajstić information content (AvgIpc) is 3.30. The number of hydrogen-bond donors (Lipinski definition) is 0. The van der Waals surface area contributed by atoms with Crippen LogP contribution in [0.3, 0.4) is 0 Å². The van der Waals surface area contributed by atoms with E-state index in [0.29, 0.717) is 0 Å². The van der Waals surface area contributed by atoms with Crippen molar-refractivity contribution in [1.29, 1.82) is 0 Å². The molecule has 0 radical (unpaired) electrons. The van der Waals surface area contributed by atoms with Crippen molar-refractivity contribution in [2.75, 3.05) is 0 Å². The van der Waals surface area contributed by atoms with Gasteiger partial charge in [-0.25, -0.2) is 4.98 Å². The van der Waals surface area contributed by atoms with Gasteiger partial charge in [0.15, 0.2) is 0 Å². The molecule has 0 aliphatic rings. The van der Waals surface area contributed by atoms with Gasteiger partial charge in [0.1, 0.15) is 0 Å². The predicted molar refractivity (Wildman–Crippen MR) is 248 cm³/mol. The monoisotopic (exact) mass is 738 g/mol. The summed E-state index contributed by atoms with van der Waals surface area (Å²) in [7, 11) is 0. The molecule has 2 heterocycles. The van der Waals surface area contributed by atoms with Gasteiger partial charge in [0, 0.05) is 33.5 Å². The Hall–Kier alpha value is -7.42. The molecule has 11 aromatic rings. The van der Waals surface area contributed by atoms with E-state index in [1.807, 2.05) is 18.3 Å². The van der Waals surface area contributed by atoms with Gasteiger partial charge in [-0.3, -0.25) is 4.98 Å².